The second-order valence-electron chi connectivity index (χ2n) is 6.64. The molecule has 0 heterocycles. The molecule has 0 fully saturated rings. The van der Waals surface area contributed by atoms with Crippen molar-refractivity contribution in [3.05, 3.63) is 70.8 Å². The second-order valence-corrected chi connectivity index (χ2v) is 6.64. The molecule has 0 unspecified atom stereocenters. The van der Waals surface area contributed by atoms with Gasteiger partial charge >= 0.3 is 0 Å². The quantitative estimate of drug-likeness (QED) is 0.819. The molecule has 0 atom stereocenters. The third-order valence-electron chi connectivity index (χ3n) is 4.86. The van der Waals surface area contributed by atoms with Crippen molar-refractivity contribution in [1.82, 2.24) is 0 Å². The molecule has 1 heteroatoms. The van der Waals surface area contributed by atoms with E-state index in [0.29, 0.717) is 0 Å². The number of hydrogen-bond acceptors (Lipinski definition) is 1. The molecule has 0 saturated carbocycles. The van der Waals surface area contributed by atoms with Crippen molar-refractivity contribution >= 4 is 0 Å². The van der Waals surface area contributed by atoms with Crippen LogP contribution in [0.1, 0.15) is 49.9 Å². The van der Waals surface area contributed by atoms with Crippen LogP contribution in [0.25, 0.3) is 0 Å². The molecule has 0 aliphatic heterocycles. The van der Waals surface area contributed by atoms with Gasteiger partial charge in [0.15, 0.2) is 0 Å². The fourth-order valence-electron chi connectivity index (χ4n) is 3.63. The first-order valence-corrected chi connectivity index (χ1v) is 7.32. The Labute approximate surface area is 121 Å². The molecule has 104 valence electrons. The Morgan fingerprint density at radius 2 is 1.10 bits per heavy atom. The Bertz CT molecular complexity index is 603. The van der Waals surface area contributed by atoms with Crippen LogP contribution in [0.4, 0.5) is 0 Å². The summed E-state index contributed by atoms with van der Waals surface area (Å²) in [5.74, 6) is 0.126. The molecule has 2 aromatic rings. The lowest BCUT2D eigenvalue weighted by molar-refractivity contribution is 0.0251. The van der Waals surface area contributed by atoms with Crippen LogP contribution in [0, 0.1) is 5.92 Å². The summed E-state index contributed by atoms with van der Waals surface area (Å²) in [6, 6.07) is 16.6. The van der Waals surface area contributed by atoms with Crippen molar-refractivity contribution in [3.63, 3.8) is 0 Å². The Kier molecular flexibility index (Phi) is 2.81. The molecular weight excluding hydrogens is 244 g/mol. The first-order valence-electron chi connectivity index (χ1n) is 7.32. The van der Waals surface area contributed by atoms with E-state index in [-0.39, 0.29) is 11.3 Å². The first kappa shape index (κ1) is 13.4. The summed E-state index contributed by atoms with van der Waals surface area (Å²) < 4.78 is 0. The average Bonchev–Trinajstić information content (AvgIpc) is 2.45. The fourth-order valence-corrected chi connectivity index (χ4v) is 3.63. The molecule has 1 aliphatic carbocycles. The van der Waals surface area contributed by atoms with Crippen LogP contribution in [0.15, 0.2) is 48.5 Å². The molecule has 3 rings (SSSR count). The van der Waals surface area contributed by atoms with Crippen molar-refractivity contribution in [3.8, 4) is 0 Å². The molecule has 0 radical (unpaired) electrons. The van der Waals surface area contributed by atoms with Gasteiger partial charge in [-0.05, 0) is 28.2 Å². The average molecular weight is 266 g/mol. The maximum atomic E-state index is 11.5. The summed E-state index contributed by atoms with van der Waals surface area (Å²) in [4.78, 5) is 0. The topological polar surface area (TPSA) is 20.2 Å². The van der Waals surface area contributed by atoms with Crippen molar-refractivity contribution < 1.29 is 5.11 Å². The number of fused-ring (bicyclic) bond motifs is 2. The molecule has 0 saturated heterocycles. The lowest BCUT2D eigenvalue weighted by atomic mass is 9.61. The van der Waals surface area contributed by atoms with E-state index in [1.54, 1.807) is 0 Å². The van der Waals surface area contributed by atoms with Crippen LogP contribution in [-0.4, -0.2) is 5.11 Å². The maximum absolute atomic E-state index is 11.5. The van der Waals surface area contributed by atoms with Crippen LogP contribution in [0.3, 0.4) is 0 Å². The Morgan fingerprint density at radius 3 is 1.45 bits per heavy atom. The molecule has 0 bridgehead atoms. The third kappa shape index (κ3) is 1.53. The maximum Gasteiger partial charge on any atom is 0.117 e. The van der Waals surface area contributed by atoms with Crippen LogP contribution in [0.5, 0.6) is 0 Å². The van der Waals surface area contributed by atoms with Crippen LogP contribution in [0.2, 0.25) is 0 Å². The van der Waals surface area contributed by atoms with Gasteiger partial charge in [0.25, 0.3) is 0 Å². The molecule has 0 spiro atoms. The van der Waals surface area contributed by atoms with Gasteiger partial charge in [0.2, 0.25) is 0 Å². The smallest absolute Gasteiger partial charge is 0.117 e. The van der Waals surface area contributed by atoms with Crippen LogP contribution in [-0.2, 0) is 11.0 Å². The predicted molar refractivity (Wildman–Crippen MR) is 82.8 cm³/mol. The van der Waals surface area contributed by atoms with Gasteiger partial charge in [-0.25, -0.2) is 0 Å². The van der Waals surface area contributed by atoms with E-state index < -0.39 is 5.60 Å². The standard InChI is InChI=1S/C19H22O/c1-13(2)19(20)16-11-7-5-9-14(16)18(3,4)15-10-6-8-12-17(15)19/h5-13,20H,1-4H3. The highest BCUT2D eigenvalue weighted by atomic mass is 16.3. The number of aliphatic hydroxyl groups is 1. The molecule has 1 aliphatic rings. The fraction of sp³-hybridized carbons (Fsp3) is 0.368. The first-order chi connectivity index (χ1) is 9.40. The van der Waals surface area contributed by atoms with Gasteiger partial charge in [-0.15, -0.1) is 0 Å². The van der Waals surface area contributed by atoms with E-state index in [4.69, 9.17) is 0 Å². The van der Waals surface area contributed by atoms with Crippen molar-refractivity contribution in [1.29, 1.82) is 0 Å². The molecule has 1 nitrogen and oxygen atoms in total. The summed E-state index contributed by atoms with van der Waals surface area (Å²) in [6.07, 6.45) is 0. The zero-order valence-electron chi connectivity index (χ0n) is 12.6. The number of benzene rings is 2. The van der Waals surface area contributed by atoms with Crippen molar-refractivity contribution in [2.45, 2.75) is 38.7 Å². The summed E-state index contributed by atoms with van der Waals surface area (Å²) in [6.45, 7) is 8.66. The van der Waals surface area contributed by atoms with E-state index in [1.165, 1.54) is 11.1 Å². The molecular formula is C19H22O. The zero-order valence-corrected chi connectivity index (χ0v) is 12.6. The van der Waals surface area contributed by atoms with Gasteiger partial charge in [0.1, 0.15) is 5.60 Å². The molecule has 0 aromatic heterocycles. The molecule has 0 amide bonds. The van der Waals surface area contributed by atoms with Gasteiger partial charge < -0.3 is 5.11 Å². The SMILES string of the molecule is CC(C)C1(O)c2ccccc2C(C)(C)c2ccccc21. The van der Waals surface area contributed by atoms with Crippen LogP contribution >= 0.6 is 0 Å². The highest BCUT2D eigenvalue weighted by Crippen LogP contribution is 2.51. The van der Waals surface area contributed by atoms with E-state index in [9.17, 15) is 5.11 Å². The highest BCUT2D eigenvalue weighted by Gasteiger charge is 2.46. The van der Waals surface area contributed by atoms with Gasteiger partial charge in [-0.3, -0.25) is 0 Å². The third-order valence-corrected chi connectivity index (χ3v) is 4.86. The molecule has 1 N–H and O–H groups in total. The van der Waals surface area contributed by atoms with Gasteiger partial charge in [0, 0.05) is 5.41 Å². The van der Waals surface area contributed by atoms with Crippen LogP contribution < -0.4 is 0 Å². The Morgan fingerprint density at radius 1 is 0.750 bits per heavy atom. The van der Waals surface area contributed by atoms with Gasteiger partial charge in [-0.1, -0.05) is 76.2 Å². The molecule has 20 heavy (non-hydrogen) atoms. The highest BCUT2D eigenvalue weighted by molar-refractivity contribution is 5.57. The largest absolute Gasteiger partial charge is 0.380 e. The lowest BCUT2D eigenvalue weighted by Crippen LogP contribution is -2.43. The molecule has 2 aromatic carbocycles. The monoisotopic (exact) mass is 266 g/mol. The van der Waals surface area contributed by atoms with E-state index in [2.05, 4.69) is 64.1 Å². The predicted octanol–water partition coefficient (Wildman–Crippen LogP) is 4.22. The van der Waals surface area contributed by atoms with Crippen molar-refractivity contribution in [2.75, 3.05) is 0 Å². The Balaban J connectivity index is 2.42. The zero-order chi connectivity index (χ0) is 14.5. The summed E-state index contributed by atoms with van der Waals surface area (Å²) in [5, 5.41) is 11.5. The lowest BCUT2D eigenvalue weighted by Gasteiger charge is -2.46. The summed E-state index contributed by atoms with van der Waals surface area (Å²) in [5.41, 5.74) is 3.60. The summed E-state index contributed by atoms with van der Waals surface area (Å²) in [7, 11) is 0. The minimum atomic E-state index is -0.900. The minimum absolute atomic E-state index is 0.0751. The Hall–Kier alpha value is -1.60. The van der Waals surface area contributed by atoms with Gasteiger partial charge in [0.05, 0.1) is 0 Å². The normalized spacial score (nSPS) is 18.5. The second kappa shape index (κ2) is 4.20. The van der Waals surface area contributed by atoms with Gasteiger partial charge in [-0.2, -0.15) is 0 Å². The van der Waals surface area contributed by atoms with E-state index in [0.717, 1.165) is 11.1 Å². The number of rotatable bonds is 1. The summed E-state index contributed by atoms with van der Waals surface area (Å²) >= 11 is 0. The van der Waals surface area contributed by atoms with Crippen molar-refractivity contribution in [2.24, 2.45) is 5.92 Å². The minimum Gasteiger partial charge on any atom is -0.380 e. The van der Waals surface area contributed by atoms with E-state index in [1.807, 2.05) is 12.1 Å². The number of hydrogen-bond donors (Lipinski definition) is 1. The van der Waals surface area contributed by atoms with E-state index >= 15 is 0 Å².